The maximum atomic E-state index is 13.3. The molecule has 10 heteroatoms. The number of aliphatic hydroxyl groups is 1. The van der Waals surface area contributed by atoms with Crippen LogP contribution in [0.1, 0.15) is 18.4 Å². The van der Waals surface area contributed by atoms with E-state index >= 15 is 0 Å². The van der Waals surface area contributed by atoms with Crippen molar-refractivity contribution in [3.05, 3.63) is 60.2 Å². The summed E-state index contributed by atoms with van der Waals surface area (Å²) >= 11 is 0. The SMILES string of the molecule is O=C1NC(=O)C(c2ccc(Oc3ccccc3)cc2)(N2CCC3(CC2)CN(C(=O)CO)C3)C(=O)N1. The number of aliphatic hydroxyl groups excluding tert-OH is 1. The number of carbonyl (C=O) groups excluding carboxylic acids is 4. The van der Waals surface area contributed by atoms with Crippen molar-refractivity contribution in [3.8, 4) is 11.5 Å². The van der Waals surface area contributed by atoms with Crippen molar-refractivity contribution in [3.63, 3.8) is 0 Å². The van der Waals surface area contributed by atoms with Gasteiger partial charge >= 0.3 is 6.03 Å². The van der Waals surface area contributed by atoms with E-state index in [1.54, 1.807) is 34.1 Å². The van der Waals surface area contributed by atoms with Gasteiger partial charge in [-0.1, -0.05) is 30.3 Å². The van der Waals surface area contributed by atoms with Gasteiger partial charge in [-0.15, -0.1) is 0 Å². The average molecular weight is 479 g/mol. The zero-order chi connectivity index (χ0) is 24.6. The number of amides is 5. The highest BCUT2D eigenvalue weighted by molar-refractivity contribution is 6.22. The first kappa shape index (κ1) is 23.0. The monoisotopic (exact) mass is 478 g/mol. The number of nitrogens with one attached hydrogen (secondary N) is 2. The first-order valence-electron chi connectivity index (χ1n) is 11.5. The molecule has 3 saturated heterocycles. The number of likely N-dealkylation sites (tertiary alicyclic amines) is 2. The van der Waals surface area contributed by atoms with Crippen LogP contribution in [0.4, 0.5) is 4.79 Å². The number of benzene rings is 2. The summed E-state index contributed by atoms with van der Waals surface area (Å²) in [6.07, 6.45) is 1.35. The molecule has 0 unspecified atom stereocenters. The molecule has 3 aliphatic rings. The summed E-state index contributed by atoms with van der Waals surface area (Å²) in [6.45, 7) is 1.45. The lowest BCUT2D eigenvalue weighted by atomic mass is 9.70. The Labute approximate surface area is 201 Å². The van der Waals surface area contributed by atoms with Gasteiger partial charge < -0.3 is 14.7 Å². The summed E-state index contributed by atoms with van der Waals surface area (Å²) in [4.78, 5) is 53.6. The number of rotatable bonds is 5. The molecule has 3 heterocycles. The van der Waals surface area contributed by atoms with Crippen molar-refractivity contribution >= 4 is 23.8 Å². The van der Waals surface area contributed by atoms with E-state index in [2.05, 4.69) is 10.6 Å². The Balaban J connectivity index is 1.39. The Morgan fingerprint density at radius 2 is 1.46 bits per heavy atom. The van der Waals surface area contributed by atoms with Gasteiger partial charge in [-0.05, 0) is 42.7 Å². The molecule has 35 heavy (non-hydrogen) atoms. The molecular weight excluding hydrogens is 452 g/mol. The van der Waals surface area contributed by atoms with Crippen molar-refractivity contribution in [1.29, 1.82) is 0 Å². The smallest absolute Gasteiger partial charge is 0.328 e. The van der Waals surface area contributed by atoms with E-state index in [4.69, 9.17) is 9.84 Å². The molecule has 0 radical (unpaired) electrons. The van der Waals surface area contributed by atoms with Crippen LogP contribution < -0.4 is 15.4 Å². The Kier molecular flexibility index (Phi) is 5.78. The zero-order valence-corrected chi connectivity index (χ0v) is 19.0. The summed E-state index contributed by atoms with van der Waals surface area (Å²) in [5.74, 6) is -0.473. The molecule has 5 rings (SSSR count). The molecule has 0 bridgehead atoms. The van der Waals surface area contributed by atoms with Gasteiger partial charge in [0.15, 0.2) is 0 Å². The third-order valence-electron chi connectivity index (χ3n) is 7.20. The standard InChI is InChI=1S/C25H26N4O6/c30-14-20(31)28-15-24(16-28)10-12-29(13-11-24)25(21(32)26-23(34)27-22(25)33)17-6-8-19(9-7-17)35-18-4-2-1-3-5-18/h1-9,30H,10-16H2,(H2,26,27,32,33,34). The van der Waals surface area contributed by atoms with E-state index in [1.807, 2.05) is 30.3 Å². The lowest BCUT2D eigenvalue weighted by Gasteiger charge is -2.56. The number of carbonyl (C=O) groups is 4. The number of para-hydroxylation sites is 1. The van der Waals surface area contributed by atoms with Crippen LogP contribution >= 0.6 is 0 Å². The van der Waals surface area contributed by atoms with E-state index in [9.17, 15) is 19.2 Å². The number of ether oxygens (including phenoxy) is 1. The third-order valence-corrected chi connectivity index (χ3v) is 7.20. The maximum Gasteiger partial charge on any atom is 0.328 e. The largest absolute Gasteiger partial charge is 0.457 e. The summed E-state index contributed by atoms with van der Waals surface area (Å²) in [5.41, 5.74) is -1.36. The maximum absolute atomic E-state index is 13.3. The quantitative estimate of drug-likeness (QED) is 0.546. The first-order chi connectivity index (χ1) is 16.9. The fourth-order valence-corrected chi connectivity index (χ4v) is 5.31. The number of hydrogen-bond donors (Lipinski definition) is 3. The molecule has 10 nitrogen and oxygen atoms in total. The molecule has 0 aromatic heterocycles. The van der Waals surface area contributed by atoms with Crippen LogP contribution in [-0.4, -0.2) is 71.4 Å². The van der Waals surface area contributed by atoms with Crippen LogP contribution in [0.5, 0.6) is 11.5 Å². The molecule has 2 aromatic carbocycles. The van der Waals surface area contributed by atoms with Crippen LogP contribution in [0.2, 0.25) is 0 Å². The van der Waals surface area contributed by atoms with Crippen molar-refractivity contribution in [2.75, 3.05) is 32.8 Å². The van der Waals surface area contributed by atoms with Gasteiger partial charge in [0.1, 0.15) is 18.1 Å². The number of piperidine rings is 1. The number of barbiturate groups is 1. The minimum atomic E-state index is -1.70. The Bertz CT molecular complexity index is 1130. The zero-order valence-electron chi connectivity index (χ0n) is 19.0. The number of urea groups is 1. The van der Waals surface area contributed by atoms with Gasteiger partial charge in [-0.25, -0.2) is 4.79 Å². The van der Waals surface area contributed by atoms with Gasteiger partial charge in [0, 0.05) is 31.6 Å². The van der Waals surface area contributed by atoms with Gasteiger partial charge in [0.25, 0.3) is 11.8 Å². The highest BCUT2D eigenvalue weighted by atomic mass is 16.5. The molecule has 2 aromatic rings. The summed E-state index contributed by atoms with van der Waals surface area (Å²) in [7, 11) is 0. The number of imide groups is 2. The predicted molar refractivity (Wildman–Crippen MR) is 123 cm³/mol. The van der Waals surface area contributed by atoms with Crippen molar-refractivity contribution in [2.24, 2.45) is 5.41 Å². The van der Waals surface area contributed by atoms with Crippen LogP contribution in [-0.2, 0) is 19.9 Å². The van der Waals surface area contributed by atoms with Crippen molar-refractivity contribution in [2.45, 2.75) is 18.4 Å². The molecule has 182 valence electrons. The summed E-state index contributed by atoms with van der Waals surface area (Å²) < 4.78 is 5.84. The van der Waals surface area contributed by atoms with Crippen LogP contribution in [0.15, 0.2) is 54.6 Å². The molecule has 5 amide bonds. The van der Waals surface area contributed by atoms with Crippen LogP contribution in [0.3, 0.4) is 0 Å². The molecule has 0 saturated carbocycles. The van der Waals surface area contributed by atoms with E-state index in [-0.39, 0.29) is 11.3 Å². The lowest BCUT2D eigenvalue weighted by Crippen LogP contribution is -2.73. The van der Waals surface area contributed by atoms with Gasteiger partial charge in [0.05, 0.1) is 0 Å². The second-order valence-corrected chi connectivity index (χ2v) is 9.28. The Morgan fingerprint density at radius 1 is 0.886 bits per heavy atom. The minimum absolute atomic E-state index is 0.0899. The molecule has 3 fully saturated rings. The normalized spacial score (nSPS) is 21.2. The Morgan fingerprint density at radius 3 is 2.03 bits per heavy atom. The molecule has 1 spiro atoms. The second kappa shape index (κ2) is 8.79. The average Bonchev–Trinajstić information content (AvgIpc) is 2.84. The predicted octanol–water partition coefficient (Wildman–Crippen LogP) is 0.957. The van der Waals surface area contributed by atoms with Crippen LogP contribution in [0, 0.1) is 5.41 Å². The number of nitrogens with zero attached hydrogens (tertiary/aromatic N) is 2. The summed E-state index contributed by atoms with van der Waals surface area (Å²) in [6, 6.07) is 15.1. The third kappa shape index (κ3) is 3.94. The molecule has 3 N–H and O–H groups in total. The molecule has 0 atom stereocenters. The van der Waals surface area contributed by atoms with Gasteiger partial charge in [-0.3, -0.25) is 29.9 Å². The fraction of sp³-hybridized carbons (Fsp3) is 0.360. The summed E-state index contributed by atoms with van der Waals surface area (Å²) in [5, 5.41) is 13.6. The lowest BCUT2D eigenvalue weighted by molar-refractivity contribution is -0.157. The second-order valence-electron chi connectivity index (χ2n) is 9.28. The van der Waals surface area contributed by atoms with Crippen molar-refractivity contribution < 1.29 is 29.0 Å². The van der Waals surface area contributed by atoms with Gasteiger partial charge in [-0.2, -0.15) is 0 Å². The minimum Gasteiger partial charge on any atom is -0.457 e. The molecule has 3 aliphatic heterocycles. The molecule has 0 aliphatic carbocycles. The highest BCUT2D eigenvalue weighted by Gasteiger charge is 2.58. The van der Waals surface area contributed by atoms with Crippen LogP contribution in [0.25, 0.3) is 0 Å². The topological polar surface area (TPSA) is 128 Å². The fourth-order valence-electron chi connectivity index (χ4n) is 5.31. The molecular formula is C25H26N4O6. The van der Waals surface area contributed by atoms with E-state index < -0.39 is 30.0 Å². The number of hydrogen-bond acceptors (Lipinski definition) is 7. The van der Waals surface area contributed by atoms with E-state index in [0.717, 1.165) is 0 Å². The van der Waals surface area contributed by atoms with Gasteiger partial charge in [0.2, 0.25) is 11.4 Å². The van der Waals surface area contributed by atoms with E-state index in [1.165, 1.54) is 0 Å². The first-order valence-corrected chi connectivity index (χ1v) is 11.5. The Hall–Kier alpha value is -3.76. The highest BCUT2D eigenvalue weighted by Crippen LogP contribution is 2.44. The van der Waals surface area contributed by atoms with E-state index in [0.29, 0.717) is 56.1 Å². The van der Waals surface area contributed by atoms with Crippen molar-refractivity contribution in [1.82, 2.24) is 20.4 Å².